The molecule has 24 heavy (non-hydrogen) atoms. The maximum atomic E-state index is 12.7. The van der Waals surface area contributed by atoms with Crippen molar-refractivity contribution in [3.8, 4) is 10.4 Å². The van der Waals surface area contributed by atoms with E-state index in [2.05, 4.69) is 4.98 Å². The van der Waals surface area contributed by atoms with Crippen molar-refractivity contribution in [2.45, 2.75) is 20.4 Å². The fraction of sp³-hybridized carbons (Fsp3) is 0.278. The molecule has 5 nitrogen and oxygen atoms in total. The molecule has 124 valence electrons. The standard InChI is InChI=1S/C18H19N3O2S/c1-3-20(4-2)16(22)11-21-12-19-17-14(18(21)23)10-15(24-17)13-8-6-5-7-9-13/h5-10,12H,3-4,11H2,1-2H3. The van der Waals surface area contributed by atoms with Crippen LogP contribution in [0.2, 0.25) is 0 Å². The molecule has 1 aromatic carbocycles. The SMILES string of the molecule is CCN(CC)C(=O)Cn1cnc2sc(-c3ccccc3)cc2c1=O. The van der Waals surface area contributed by atoms with Crippen LogP contribution in [-0.2, 0) is 11.3 Å². The van der Waals surface area contributed by atoms with Gasteiger partial charge in [0.1, 0.15) is 11.4 Å². The normalized spacial score (nSPS) is 10.9. The number of likely N-dealkylation sites (N-methyl/N-ethyl adjacent to an activating group) is 1. The minimum absolute atomic E-state index is 0.0277. The highest BCUT2D eigenvalue weighted by Gasteiger charge is 2.14. The number of nitrogens with zero attached hydrogens (tertiary/aromatic N) is 3. The Hall–Kier alpha value is -2.47. The number of aromatic nitrogens is 2. The number of carbonyl (C=O) groups excluding carboxylic acids is 1. The second-order valence-electron chi connectivity index (χ2n) is 5.44. The van der Waals surface area contributed by atoms with E-state index in [4.69, 9.17) is 0 Å². The number of hydrogen-bond acceptors (Lipinski definition) is 4. The number of thiophene rings is 1. The lowest BCUT2D eigenvalue weighted by atomic mass is 10.2. The van der Waals surface area contributed by atoms with Gasteiger partial charge >= 0.3 is 0 Å². The summed E-state index contributed by atoms with van der Waals surface area (Å²) in [6, 6.07) is 11.8. The van der Waals surface area contributed by atoms with Crippen molar-refractivity contribution in [1.82, 2.24) is 14.5 Å². The van der Waals surface area contributed by atoms with Gasteiger partial charge in [-0.3, -0.25) is 14.2 Å². The molecule has 0 aliphatic carbocycles. The number of hydrogen-bond donors (Lipinski definition) is 0. The van der Waals surface area contributed by atoms with Gasteiger partial charge in [0.05, 0.1) is 11.7 Å². The van der Waals surface area contributed by atoms with E-state index >= 15 is 0 Å². The molecule has 2 heterocycles. The van der Waals surface area contributed by atoms with Crippen LogP contribution in [0.5, 0.6) is 0 Å². The van der Waals surface area contributed by atoms with E-state index in [1.807, 2.05) is 50.2 Å². The highest BCUT2D eigenvalue weighted by atomic mass is 32.1. The van der Waals surface area contributed by atoms with Crippen LogP contribution < -0.4 is 5.56 Å². The Labute approximate surface area is 144 Å². The lowest BCUT2D eigenvalue weighted by Crippen LogP contribution is -2.36. The summed E-state index contributed by atoms with van der Waals surface area (Å²) in [5, 5.41) is 0.564. The number of rotatable bonds is 5. The summed E-state index contributed by atoms with van der Waals surface area (Å²) in [5.41, 5.74) is 0.893. The monoisotopic (exact) mass is 341 g/mol. The van der Waals surface area contributed by atoms with Crippen molar-refractivity contribution in [2.75, 3.05) is 13.1 Å². The summed E-state index contributed by atoms with van der Waals surface area (Å²) in [4.78, 5) is 32.7. The molecule has 0 fully saturated rings. The van der Waals surface area contributed by atoms with Gasteiger partial charge in [-0.15, -0.1) is 11.3 Å². The smallest absolute Gasteiger partial charge is 0.262 e. The Balaban J connectivity index is 1.97. The van der Waals surface area contributed by atoms with Gasteiger partial charge in [0.15, 0.2) is 0 Å². The minimum atomic E-state index is -0.168. The lowest BCUT2D eigenvalue weighted by molar-refractivity contribution is -0.131. The van der Waals surface area contributed by atoms with Gasteiger partial charge in [0.25, 0.3) is 5.56 Å². The van der Waals surface area contributed by atoms with Crippen LogP contribution in [0.1, 0.15) is 13.8 Å². The van der Waals surface area contributed by atoms with Crippen molar-refractivity contribution in [2.24, 2.45) is 0 Å². The third-order valence-corrected chi connectivity index (χ3v) is 5.09. The molecule has 0 unspecified atom stereocenters. The molecule has 1 amide bonds. The molecule has 0 aliphatic rings. The Bertz CT molecular complexity index is 911. The molecule has 0 bridgehead atoms. The van der Waals surface area contributed by atoms with Crippen LogP contribution in [0.3, 0.4) is 0 Å². The highest BCUT2D eigenvalue weighted by molar-refractivity contribution is 7.21. The third-order valence-electron chi connectivity index (χ3n) is 4.00. The van der Waals surface area contributed by atoms with E-state index in [0.717, 1.165) is 10.4 Å². The van der Waals surface area contributed by atoms with Crippen LogP contribution in [0, 0.1) is 0 Å². The second-order valence-corrected chi connectivity index (χ2v) is 6.47. The van der Waals surface area contributed by atoms with E-state index < -0.39 is 0 Å². The molecular formula is C18H19N3O2S. The van der Waals surface area contributed by atoms with Gasteiger partial charge in [-0.1, -0.05) is 30.3 Å². The van der Waals surface area contributed by atoms with E-state index in [0.29, 0.717) is 23.3 Å². The average Bonchev–Trinajstić information content (AvgIpc) is 3.04. The molecule has 0 aliphatic heterocycles. The first-order chi connectivity index (χ1) is 11.6. The molecule has 0 saturated carbocycles. The number of benzene rings is 1. The van der Waals surface area contributed by atoms with Gasteiger partial charge in [0.2, 0.25) is 5.91 Å². The predicted molar refractivity (Wildman–Crippen MR) is 97.2 cm³/mol. The molecule has 3 rings (SSSR count). The number of fused-ring (bicyclic) bond motifs is 1. The number of amides is 1. The van der Waals surface area contributed by atoms with E-state index in [1.54, 1.807) is 4.90 Å². The van der Waals surface area contributed by atoms with Crippen LogP contribution in [-0.4, -0.2) is 33.4 Å². The van der Waals surface area contributed by atoms with E-state index in [1.165, 1.54) is 22.2 Å². The van der Waals surface area contributed by atoms with Gasteiger partial charge in [-0.25, -0.2) is 4.98 Å². The van der Waals surface area contributed by atoms with Gasteiger partial charge in [0, 0.05) is 18.0 Å². The zero-order chi connectivity index (χ0) is 17.1. The molecule has 0 saturated heterocycles. The molecule has 6 heteroatoms. The Morgan fingerprint density at radius 1 is 1.21 bits per heavy atom. The minimum Gasteiger partial charge on any atom is -0.342 e. The van der Waals surface area contributed by atoms with E-state index in [9.17, 15) is 9.59 Å². The molecule has 2 aromatic heterocycles. The summed E-state index contributed by atoms with van der Waals surface area (Å²) < 4.78 is 1.39. The van der Waals surface area contributed by atoms with Crippen LogP contribution in [0.25, 0.3) is 20.7 Å². The molecule has 0 spiro atoms. The van der Waals surface area contributed by atoms with Crippen molar-refractivity contribution in [1.29, 1.82) is 0 Å². The van der Waals surface area contributed by atoms with Gasteiger partial charge in [-0.2, -0.15) is 0 Å². The maximum Gasteiger partial charge on any atom is 0.262 e. The van der Waals surface area contributed by atoms with Crippen LogP contribution >= 0.6 is 11.3 Å². The molecule has 0 radical (unpaired) electrons. The molecule has 3 aromatic rings. The first kappa shape index (κ1) is 16.4. The fourth-order valence-electron chi connectivity index (χ4n) is 2.64. The fourth-order valence-corrected chi connectivity index (χ4v) is 3.63. The maximum absolute atomic E-state index is 12.7. The predicted octanol–water partition coefficient (Wildman–Crippen LogP) is 2.99. The van der Waals surface area contributed by atoms with Crippen LogP contribution in [0.15, 0.2) is 47.5 Å². The molecule has 0 atom stereocenters. The summed E-state index contributed by atoms with van der Waals surface area (Å²) >= 11 is 1.49. The second kappa shape index (κ2) is 6.97. The van der Waals surface area contributed by atoms with Crippen LogP contribution in [0.4, 0.5) is 0 Å². The lowest BCUT2D eigenvalue weighted by Gasteiger charge is -2.18. The van der Waals surface area contributed by atoms with Gasteiger partial charge in [-0.05, 0) is 25.5 Å². The summed E-state index contributed by atoms with van der Waals surface area (Å²) in [6.07, 6.45) is 1.47. The highest BCUT2D eigenvalue weighted by Crippen LogP contribution is 2.30. The number of carbonyl (C=O) groups is 1. The Kier molecular flexibility index (Phi) is 4.76. The largest absolute Gasteiger partial charge is 0.342 e. The summed E-state index contributed by atoms with van der Waals surface area (Å²) in [6.45, 7) is 5.15. The Morgan fingerprint density at radius 2 is 1.92 bits per heavy atom. The summed E-state index contributed by atoms with van der Waals surface area (Å²) in [5.74, 6) is -0.0678. The van der Waals surface area contributed by atoms with Crippen molar-refractivity contribution in [3.05, 3.63) is 53.1 Å². The summed E-state index contributed by atoms with van der Waals surface area (Å²) in [7, 11) is 0. The molecular weight excluding hydrogens is 322 g/mol. The Morgan fingerprint density at radius 3 is 2.58 bits per heavy atom. The molecule has 0 N–H and O–H groups in total. The zero-order valence-corrected chi connectivity index (χ0v) is 14.5. The zero-order valence-electron chi connectivity index (χ0n) is 13.7. The average molecular weight is 341 g/mol. The first-order valence-corrected chi connectivity index (χ1v) is 8.77. The van der Waals surface area contributed by atoms with Gasteiger partial charge < -0.3 is 4.90 Å². The van der Waals surface area contributed by atoms with Crippen molar-refractivity contribution < 1.29 is 4.79 Å². The van der Waals surface area contributed by atoms with Crippen molar-refractivity contribution in [3.63, 3.8) is 0 Å². The quantitative estimate of drug-likeness (QED) is 0.717. The topological polar surface area (TPSA) is 55.2 Å². The third kappa shape index (κ3) is 3.10. The first-order valence-electron chi connectivity index (χ1n) is 7.96. The van der Waals surface area contributed by atoms with E-state index in [-0.39, 0.29) is 18.0 Å². The van der Waals surface area contributed by atoms with Crippen molar-refractivity contribution >= 4 is 27.5 Å².